The minimum Gasteiger partial charge on any atom is -0.342 e. The Kier molecular flexibility index (Phi) is 5.85. The van der Waals surface area contributed by atoms with Gasteiger partial charge < -0.3 is 14.7 Å². The van der Waals surface area contributed by atoms with Crippen LogP contribution in [0.1, 0.15) is 26.9 Å². The average molecular weight is 410 g/mol. The zero-order valence-electron chi connectivity index (χ0n) is 16.1. The van der Waals surface area contributed by atoms with Gasteiger partial charge in [0.25, 0.3) is 5.91 Å². The molecule has 2 aromatic carbocycles. The van der Waals surface area contributed by atoms with Crippen molar-refractivity contribution in [3.63, 3.8) is 0 Å². The van der Waals surface area contributed by atoms with Crippen molar-refractivity contribution >= 4 is 30.0 Å². The minimum absolute atomic E-state index is 0.0154. The number of thioether (sulfide) groups is 1. The van der Waals surface area contributed by atoms with Crippen molar-refractivity contribution in [1.82, 2.24) is 14.7 Å². The van der Waals surface area contributed by atoms with Crippen LogP contribution in [0.5, 0.6) is 0 Å². The van der Waals surface area contributed by atoms with E-state index in [-0.39, 0.29) is 17.2 Å². The van der Waals surface area contributed by atoms with Crippen LogP contribution >= 0.6 is 11.8 Å². The zero-order chi connectivity index (χ0) is 20.2. The normalized spacial score (nSPS) is 19.5. The van der Waals surface area contributed by atoms with Gasteiger partial charge >= 0.3 is 0 Å². The molecule has 0 saturated carbocycles. The summed E-state index contributed by atoms with van der Waals surface area (Å²) in [5, 5.41) is -0.0389. The molecular weight excluding hydrogens is 386 g/mol. The summed E-state index contributed by atoms with van der Waals surface area (Å²) in [6.45, 7) is 2.83. The van der Waals surface area contributed by atoms with E-state index in [0.717, 1.165) is 17.5 Å². The number of benzene rings is 2. The summed E-state index contributed by atoms with van der Waals surface area (Å²) in [5.41, 5.74) is 2.77. The highest BCUT2D eigenvalue weighted by molar-refractivity contribution is 8.00. The Morgan fingerprint density at radius 1 is 1.00 bits per heavy atom. The number of nitrogens with zero attached hydrogens (tertiary/aromatic N) is 3. The van der Waals surface area contributed by atoms with Gasteiger partial charge in [-0.2, -0.15) is 0 Å². The second kappa shape index (κ2) is 8.69. The van der Waals surface area contributed by atoms with E-state index >= 15 is 0 Å². The molecule has 150 valence electrons. The van der Waals surface area contributed by atoms with Crippen molar-refractivity contribution in [2.24, 2.45) is 0 Å². The van der Waals surface area contributed by atoms with Crippen LogP contribution in [0.15, 0.2) is 54.6 Å². The van der Waals surface area contributed by atoms with Gasteiger partial charge in [-0.3, -0.25) is 14.4 Å². The molecule has 0 bridgehead atoms. The summed E-state index contributed by atoms with van der Waals surface area (Å²) in [5.74, 6) is 0.592. The van der Waals surface area contributed by atoms with Gasteiger partial charge in [0.1, 0.15) is 5.37 Å². The third kappa shape index (κ3) is 4.29. The fraction of sp³-hybridized carbons (Fsp3) is 0.318. The third-order valence-electron chi connectivity index (χ3n) is 5.36. The lowest BCUT2D eigenvalue weighted by molar-refractivity contribution is -0.128. The van der Waals surface area contributed by atoms with E-state index in [9.17, 15) is 14.4 Å². The molecule has 0 unspecified atom stereocenters. The maximum Gasteiger partial charge on any atom is 0.253 e. The number of piperazine rings is 1. The van der Waals surface area contributed by atoms with Crippen molar-refractivity contribution in [2.45, 2.75) is 11.9 Å². The molecule has 0 N–H and O–H groups in total. The monoisotopic (exact) mass is 409 g/mol. The zero-order valence-corrected chi connectivity index (χ0v) is 16.9. The molecule has 3 amide bonds. The number of hydrogen-bond donors (Lipinski definition) is 0. The first-order valence-electron chi connectivity index (χ1n) is 9.69. The number of carbonyl (C=O) groups excluding carboxylic acids is 3. The third-order valence-corrected chi connectivity index (χ3v) is 6.61. The highest BCUT2D eigenvalue weighted by Gasteiger charge is 2.33. The van der Waals surface area contributed by atoms with Crippen LogP contribution in [-0.2, 0) is 16.1 Å². The molecule has 2 heterocycles. The molecule has 7 heteroatoms. The first kappa shape index (κ1) is 19.5. The lowest BCUT2D eigenvalue weighted by Gasteiger charge is -2.32. The highest BCUT2D eigenvalue weighted by Crippen LogP contribution is 2.39. The van der Waals surface area contributed by atoms with Crippen LogP contribution in [0.3, 0.4) is 0 Å². The highest BCUT2D eigenvalue weighted by atomic mass is 32.2. The summed E-state index contributed by atoms with van der Waals surface area (Å²) >= 11 is 1.62. The van der Waals surface area contributed by atoms with E-state index in [1.807, 2.05) is 59.5 Å². The lowest BCUT2D eigenvalue weighted by Crippen LogP contribution is -2.48. The summed E-state index contributed by atoms with van der Waals surface area (Å²) in [4.78, 5) is 41.3. The smallest absolute Gasteiger partial charge is 0.253 e. The van der Waals surface area contributed by atoms with E-state index in [4.69, 9.17) is 0 Å². The molecular formula is C22H23N3O3S. The molecule has 0 aliphatic carbocycles. The molecule has 1 atom stereocenters. The molecule has 6 nitrogen and oxygen atoms in total. The summed E-state index contributed by atoms with van der Waals surface area (Å²) < 4.78 is 0. The van der Waals surface area contributed by atoms with E-state index < -0.39 is 0 Å². The first-order valence-corrected chi connectivity index (χ1v) is 10.7. The molecule has 0 spiro atoms. The largest absolute Gasteiger partial charge is 0.342 e. The second-order valence-electron chi connectivity index (χ2n) is 7.23. The van der Waals surface area contributed by atoms with Gasteiger partial charge in [-0.15, -0.1) is 11.8 Å². The van der Waals surface area contributed by atoms with Crippen molar-refractivity contribution in [3.05, 3.63) is 71.3 Å². The summed E-state index contributed by atoms with van der Waals surface area (Å²) in [6, 6.07) is 17.6. The van der Waals surface area contributed by atoms with Crippen molar-refractivity contribution in [2.75, 3.05) is 31.9 Å². The standard InChI is InChI=1S/C22H23N3O3S/c26-16-23-10-12-24(13-11-23)21(28)18-6-8-19(9-7-18)22-25(20(27)15-29-22)14-17-4-2-1-3-5-17/h1-9,16,22H,10-15H2/t22-/m0/s1. The fourth-order valence-corrected chi connectivity index (χ4v) is 4.87. The van der Waals surface area contributed by atoms with Crippen LogP contribution in [-0.4, -0.2) is 64.9 Å². The van der Waals surface area contributed by atoms with Crippen LogP contribution in [0.2, 0.25) is 0 Å². The Bertz CT molecular complexity index is 880. The van der Waals surface area contributed by atoms with Crippen LogP contribution in [0.4, 0.5) is 0 Å². The van der Waals surface area contributed by atoms with E-state index in [0.29, 0.717) is 44.0 Å². The lowest BCUT2D eigenvalue weighted by atomic mass is 10.1. The van der Waals surface area contributed by atoms with Gasteiger partial charge in [-0.05, 0) is 23.3 Å². The van der Waals surface area contributed by atoms with Crippen LogP contribution in [0, 0.1) is 0 Å². The predicted molar refractivity (Wildman–Crippen MR) is 112 cm³/mol. The van der Waals surface area contributed by atoms with Crippen molar-refractivity contribution in [1.29, 1.82) is 0 Å². The molecule has 2 aromatic rings. The first-order chi connectivity index (χ1) is 14.2. The maximum atomic E-state index is 12.7. The fourth-order valence-electron chi connectivity index (χ4n) is 3.68. The van der Waals surface area contributed by atoms with Gasteiger partial charge in [0.05, 0.1) is 5.75 Å². The van der Waals surface area contributed by atoms with Gasteiger partial charge in [0.15, 0.2) is 0 Å². The number of hydrogen-bond acceptors (Lipinski definition) is 4. The van der Waals surface area contributed by atoms with Gasteiger partial charge in [0.2, 0.25) is 12.3 Å². The van der Waals surface area contributed by atoms with Crippen molar-refractivity contribution in [3.8, 4) is 0 Å². The Morgan fingerprint density at radius 3 is 2.34 bits per heavy atom. The average Bonchev–Trinajstić information content (AvgIpc) is 3.14. The van der Waals surface area contributed by atoms with Gasteiger partial charge in [-0.1, -0.05) is 42.5 Å². The SMILES string of the molecule is O=CN1CCN(C(=O)c2ccc([C@@H]3SCC(=O)N3Cc3ccccc3)cc2)CC1. The minimum atomic E-state index is -0.0389. The molecule has 29 heavy (non-hydrogen) atoms. The van der Waals surface area contributed by atoms with E-state index in [2.05, 4.69) is 0 Å². The summed E-state index contributed by atoms with van der Waals surface area (Å²) in [6.07, 6.45) is 0.832. The number of carbonyl (C=O) groups is 3. The number of rotatable bonds is 5. The summed E-state index contributed by atoms with van der Waals surface area (Å²) in [7, 11) is 0. The van der Waals surface area contributed by atoms with E-state index in [1.165, 1.54) is 0 Å². The maximum absolute atomic E-state index is 12.7. The van der Waals surface area contributed by atoms with Crippen LogP contribution in [0.25, 0.3) is 0 Å². The quantitative estimate of drug-likeness (QED) is 0.712. The Hall–Kier alpha value is -2.80. The molecule has 4 rings (SSSR count). The van der Waals surface area contributed by atoms with Crippen LogP contribution < -0.4 is 0 Å². The Labute approximate surface area is 174 Å². The molecule has 2 saturated heterocycles. The Balaban J connectivity index is 1.45. The molecule has 2 fully saturated rings. The predicted octanol–water partition coefficient (Wildman–Crippen LogP) is 2.38. The van der Waals surface area contributed by atoms with E-state index in [1.54, 1.807) is 21.6 Å². The number of amides is 3. The molecule has 2 aliphatic heterocycles. The molecule has 0 radical (unpaired) electrons. The van der Waals surface area contributed by atoms with Gasteiger partial charge in [-0.25, -0.2) is 0 Å². The second-order valence-corrected chi connectivity index (χ2v) is 8.29. The Morgan fingerprint density at radius 2 is 1.69 bits per heavy atom. The molecule has 2 aliphatic rings. The van der Waals surface area contributed by atoms with Crippen molar-refractivity contribution < 1.29 is 14.4 Å². The topological polar surface area (TPSA) is 60.9 Å². The van der Waals surface area contributed by atoms with Gasteiger partial charge in [0, 0.05) is 38.3 Å². The molecule has 0 aromatic heterocycles.